The van der Waals surface area contributed by atoms with Crippen LogP contribution in [-0.2, 0) is 17.8 Å². The van der Waals surface area contributed by atoms with Gasteiger partial charge in [-0.25, -0.2) is 4.39 Å². The van der Waals surface area contributed by atoms with Crippen molar-refractivity contribution < 1.29 is 9.18 Å². The zero-order valence-corrected chi connectivity index (χ0v) is 16.1. The van der Waals surface area contributed by atoms with E-state index < -0.39 is 0 Å². The second-order valence-electron chi connectivity index (χ2n) is 9.68. The predicted molar refractivity (Wildman–Crippen MR) is 104 cm³/mol. The standard InChI is InChI=1S/C23H26FN3O/c24-19-4-2-1-3-17(19)21-18-13-27(6-5-20(18)25-26-21)22(28)23-10-14-7-15(11-23)9-16(8-14)12-23/h1-4,14-16H,5-13H2,(H,25,26). The second kappa shape index (κ2) is 5.91. The summed E-state index contributed by atoms with van der Waals surface area (Å²) >= 11 is 0. The van der Waals surface area contributed by atoms with E-state index in [-0.39, 0.29) is 11.2 Å². The first-order valence-electron chi connectivity index (χ1n) is 10.7. The summed E-state index contributed by atoms with van der Waals surface area (Å²) in [5.41, 5.74) is 3.11. The van der Waals surface area contributed by atoms with Gasteiger partial charge in [0.2, 0.25) is 5.91 Å². The van der Waals surface area contributed by atoms with E-state index in [0.29, 0.717) is 23.7 Å². The largest absolute Gasteiger partial charge is 0.337 e. The van der Waals surface area contributed by atoms with Gasteiger partial charge in [-0.3, -0.25) is 9.89 Å². The average Bonchev–Trinajstić information content (AvgIpc) is 3.10. The molecular weight excluding hydrogens is 353 g/mol. The summed E-state index contributed by atoms with van der Waals surface area (Å²) in [4.78, 5) is 15.8. The molecule has 5 heteroatoms. The molecule has 7 rings (SSSR count). The third kappa shape index (κ3) is 2.41. The minimum absolute atomic E-state index is 0.117. The van der Waals surface area contributed by atoms with Crippen LogP contribution in [0.5, 0.6) is 0 Å². The number of fused-ring (bicyclic) bond motifs is 1. The average molecular weight is 379 g/mol. The molecule has 0 atom stereocenters. The number of rotatable bonds is 2. The number of carbonyl (C=O) groups excluding carboxylic acids is 1. The highest BCUT2D eigenvalue weighted by Gasteiger charge is 2.55. The number of hydrogen-bond donors (Lipinski definition) is 1. The number of hydrogen-bond acceptors (Lipinski definition) is 2. The summed E-state index contributed by atoms with van der Waals surface area (Å²) in [7, 11) is 0. The van der Waals surface area contributed by atoms with Gasteiger partial charge in [0.05, 0.1) is 5.41 Å². The van der Waals surface area contributed by atoms with Gasteiger partial charge in [-0.2, -0.15) is 5.10 Å². The SMILES string of the molecule is O=C(N1CCc2[nH]nc(-c3ccccc3F)c2C1)C12CC3CC(CC(C3)C1)C2. The lowest BCUT2D eigenvalue weighted by molar-refractivity contribution is -0.158. The molecule has 0 saturated heterocycles. The van der Waals surface area contributed by atoms with E-state index >= 15 is 0 Å². The molecule has 0 unspecified atom stereocenters. The van der Waals surface area contributed by atoms with Gasteiger partial charge in [-0.1, -0.05) is 12.1 Å². The fraction of sp³-hybridized carbons (Fsp3) is 0.565. The van der Waals surface area contributed by atoms with Gasteiger partial charge in [0.25, 0.3) is 0 Å². The van der Waals surface area contributed by atoms with Crippen molar-refractivity contribution >= 4 is 5.91 Å². The third-order valence-corrected chi connectivity index (χ3v) is 7.84. The molecule has 1 N–H and O–H groups in total. The number of aromatic nitrogens is 2. The molecule has 1 amide bonds. The second-order valence-corrected chi connectivity index (χ2v) is 9.68. The molecule has 4 nitrogen and oxygen atoms in total. The van der Waals surface area contributed by atoms with Gasteiger partial charge in [0.15, 0.2) is 0 Å². The number of nitrogens with zero attached hydrogens (tertiary/aromatic N) is 2. The maximum atomic E-state index is 14.3. The Bertz CT molecular complexity index is 914. The first-order valence-corrected chi connectivity index (χ1v) is 10.7. The Balaban J connectivity index is 1.31. The van der Waals surface area contributed by atoms with Crippen LogP contribution >= 0.6 is 0 Å². The van der Waals surface area contributed by atoms with E-state index in [4.69, 9.17) is 0 Å². The van der Waals surface area contributed by atoms with Crippen molar-refractivity contribution in [2.45, 2.75) is 51.5 Å². The Morgan fingerprint density at radius 3 is 2.46 bits per heavy atom. The van der Waals surface area contributed by atoms with Crippen LogP contribution in [0.4, 0.5) is 4.39 Å². The zero-order chi connectivity index (χ0) is 18.9. The highest BCUT2D eigenvalue weighted by molar-refractivity contribution is 5.84. The summed E-state index contributed by atoms with van der Waals surface area (Å²) in [6.07, 6.45) is 8.07. The molecule has 1 aromatic heterocycles. The summed E-state index contributed by atoms with van der Waals surface area (Å²) in [5, 5.41) is 7.50. The highest BCUT2D eigenvalue weighted by atomic mass is 19.1. The van der Waals surface area contributed by atoms with Crippen molar-refractivity contribution in [3.05, 3.63) is 41.3 Å². The van der Waals surface area contributed by atoms with Crippen molar-refractivity contribution in [1.82, 2.24) is 15.1 Å². The Morgan fingerprint density at radius 2 is 1.79 bits per heavy atom. The van der Waals surface area contributed by atoms with Crippen LogP contribution in [0.25, 0.3) is 11.3 Å². The lowest BCUT2D eigenvalue weighted by atomic mass is 9.49. The van der Waals surface area contributed by atoms with E-state index in [0.717, 1.165) is 61.2 Å². The number of amides is 1. The van der Waals surface area contributed by atoms with E-state index in [9.17, 15) is 9.18 Å². The van der Waals surface area contributed by atoms with Crippen LogP contribution in [0.2, 0.25) is 0 Å². The van der Waals surface area contributed by atoms with Crippen molar-refractivity contribution in [2.75, 3.05) is 6.54 Å². The van der Waals surface area contributed by atoms with E-state index in [2.05, 4.69) is 15.1 Å². The molecule has 1 aromatic carbocycles. The molecule has 28 heavy (non-hydrogen) atoms. The molecule has 2 heterocycles. The number of H-pyrrole nitrogens is 1. The van der Waals surface area contributed by atoms with Crippen molar-refractivity contribution in [3.63, 3.8) is 0 Å². The molecule has 4 aliphatic carbocycles. The number of benzene rings is 1. The maximum Gasteiger partial charge on any atom is 0.229 e. The van der Waals surface area contributed by atoms with Crippen LogP contribution in [-0.4, -0.2) is 27.5 Å². The van der Waals surface area contributed by atoms with Gasteiger partial charge in [0, 0.05) is 36.3 Å². The van der Waals surface area contributed by atoms with Gasteiger partial charge in [0.1, 0.15) is 11.5 Å². The summed E-state index contributed by atoms with van der Waals surface area (Å²) in [6, 6.07) is 6.77. The molecule has 4 saturated carbocycles. The van der Waals surface area contributed by atoms with Crippen molar-refractivity contribution in [3.8, 4) is 11.3 Å². The molecular formula is C23H26FN3O. The maximum absolute atomic E-state index is 14.3. The Kier molecular flexibility index (Phi) is 3.54. The van der Waals surface area contributed by atoms with Crippen molar-refractivity contribution in [2.24, 2.45) is 23.2 Å². The smallest absolute Gasteiger partial charge is 0.229 e. The monoisotopic (exact) mass is 379 g/mol. The first-order chi connectivity index (χ1) is 13.6. The predicted octanol–water partition coefficient (Wildman–Crippen LogP) is 4.32. The molecule has 4 fully saturated rings. The molecule has 2 aromatic rings. The number of carbonyl (C=O) groups is 1. The third-order valence-electron chi connectivity index (χ3n) is 7.84. The van der Waals surface area contributed by atoms with Crippen molar-refractivity contribution in [1.29, 1.82) is 0 Å². The first kappa shape index (κ1) is 16.8. The van der Waals surface area contributed by atoms with Crippen LogP contribution in [0.15, 0.2) is 24.3 Å². The number of aromatic amines is 1. The molecule has 146 valence electrons. The summed E-state index contributed by atoms with van der Waals surface area (Å²) in [5.74, 6) is 2.38. The summed E-state index contributed by atoms with van der Waals surface area (Å²) < 4.78 is 14.3. The normalized spacial score (nSPS) is 33.2. The van der Waals surface area contributed by atoms with E-state index in [1.165, 1.54) is 25.3 Å². The van der Waals surface area contributed by atoms with Gasteiger partial charge >= 0.3 is 0 Å². The Labute approximate surface area is 164 Å². The Hall–Kier alpha value is -2.17. The van der Waals surface area contributed by atoms with Gasteiger partial charge in [-0.15, -0.1) is 0 Å². The quantitative estimate of drug-likeness (QED) is 0.845. The van der Waals surface area contributed by atoms with Crippen LogP contribution < -0.4 is 0 Å². The number of nitrogens with one attached hydrogen (secondary N) is 1. The lowest BCUT2D eigenvalue weighted by Crippen LogP contribution is -2.55. The van der Waals surface area contributed by atoms with Crippen LogP contribution in [0, 0.1) is 29.0 Å². The number of halogens is 1. The minimum atomic E-state index is -0.263. The molecule has 0 spiro atoms. The molecule has 0 radical (unpaired) electrons. The lowest BCUT2D eigenvalue weighted by Gasteiger charge is -2.56. The Morgan fingerprint density at radius 1 is 1.11 bits per heavy atom. The van der Waals surface area contributed by atoms with E-state index in [1.807, 2.05) is 6.07 Å². The molecule has 1 aliphatic heterocycles. The topological polar surface area (TPSA) is 49.0 Å². The van der Waals surface area contributed by atoms with E-state index in [1.54, 1.807) is 12.1 Å². The zero-order valence-electron chi connectivity index (χ0n) is 16.1. The van der Waals surface area contributed by atoms with Gasteiger partial charge < -0.3 is 4.90 Å². The van der Waals surface area contributed by atoms with Gasteiger partial charge in [-0.05, 0) is 68.4 Å². The van der Waals surface area contributed by atoms with Crippen LogP contribution in [0.1, 0.15) is 49.8 Å². The molecule has 5 aliphatic rings. The minimum Gasteiger partial charge on any atom is -0.337 e. The van der Waals surface area contributed by atoms with Crippen LogP contribution in [0.3, 0.4) is 0 Å². The fourth-order valence-corrected chi connectivity index (χ4v) is 7.05. The molecule has 4 bridgehead atoms. The highest BCUT2D eigenvalue weighted by Crippen LogP contribution is 2.60. The summed E-state index contributed by atoms with van der Waals surface area (Å²) in [6.45, 7) is 1.29. The fourth-order valence-electron chi connectivity index (χ4n) is 7.05.